The number of rotatable bonds is 5. The Morgan fingerprint density at radius 1 is 1.10 bits per heavy atom. The van der Waals surface area contributed by atoms with Crippen LogP contribution in [-0.4, -0.2) is 56.4 Å². The van der Waals surface area contributed by atoms with Crippen molar-refractivity contribution in [1.82, 2.24) is 24.4 Å². The molecule has 2 unspecified atom stereocenters. The van der Waals surface area contributed by atoms with E-state index in [2.05, 4.69) is 32.3 Å². The van der Waals surface area contributed by atoms with E-state index in [1.54, 1.807) is 18.1 Å². The van der Waals surface area contributed by atoms with E-state index in [1.165, 1.54) is 12.4 Å². The van der Waals surface area contributed by atoms with Crippen LogP contribution in [0.3, 0.4) is 0 Å². The van der Waals surface area contributed by atoms with Gasteiger partial charge in [-0.3, -0.25) is 14.5 Å². The first-order valence-corrected chi connectivity index (χ1v) is 13.2. The number of pyridine rings is 1. The lowest BCUT2D eigenvalue weighted by Gasteiger charge is -2.19. The number of hydrogen-bond donors (Lipinski definition) is 1. The Bertz CT molecular complexity index is 1580. The van der Waals surface area contributed by atoms with E-state index < -0.39 is 0 Å². The maximum atomic E-state index is 13.3. The van der Waals surface area contributed by atoms with E-state index in [0.717, 1.165) is 53.7 Å². The summed E-state index contributed by atoms with van der Waals surface area (Å²) in [6, 6.07) is 11.6. The zero-order chi connectivity index (χ0) is 27.3. The fourth-order valence-corrected chi connectivity index (χ4v) is 6.32. The number of nitrogens with two attached hydrogens (primary N) is 1. The number of likely N-dealkylation sites (tertiary alicyclic amines) is 1. The molecular formula is C30H31N7O2. The molecule has 1 saturated heterocycles. The Kier molecular flexibility index (Phi) is 6.13. The van der Waals surface area contributed by atoms with Crippen molar-refractivity contribution in [1.29, 1.82) is 0 Å². The predicted octanol–water partition coefficient (Wildman–Crippen LogP) is 4.26. The van der Waals surface area contributed by atoms with Crippen molar-refractivity contribution in [3.63, 3.8) is 0 Å². The number of hydrogen-bond acceptors (Lipinski definition) is 6. The quantitative estimate of drug-likeness (QED) is 0.393. The van der Waals surface area contributed by atoms with Crippen molar-refractivity contribution in [2.24, 2.45) is 11.8 Å². The number of carbonyl (C=O) groups excluding carboxylic acids is 2. The highest BCUT2D eigenvalue weighted by molar-refractivity contribution is 6.07. The molecule has 1 aromatic carbocycles. The normalized spacial score (nSPS) is 20.3. The summed E-state index contributed by atoms with van der Waals surface area (Å²) in [7, 11) is 1.73. The third-order valence-electron chi connectivity index (χ3n) is 8.31. The predicted molar refractivity (Wildman–Crippen MR) is 151 cm³/mol. The molecule has 3 aromatic heterocycles. The molecule has 4 heterocycles. The first kappa shape index (κ1) is 24.8. The van der Waals surface area contributed by atoms with E-state index in [1.807, 2.05) is 48.2 Å². The minimum Gasteiger partial charge on any atom is -0.383 e. The molecule has 1 aliphatic heterocycles. The molecule has 39 heavy (non-hydrogen) atoms. The SMILES string of the molecule is C=CC(=O)N1CC2CC(n3cc(-c4ccc(C(=O)N(C)c5ccccn5)c(C)c4)c4c(N)ncnc43)CC2C1. The van der Waals surface area contributed by atoms with E-state index in [9.17, 15) is 9.59 Å². The van der Waals surface area contributed by atoms with Crippen LogP contribution in [0, 0.1) is 18.8 Å². The second-order valence-corrected chi connectivity index (χ2v) is 10.6. The summed E-state index contributed by atoms with van der Waals surface area (Å²) < 4.78 is 2.24. The van der Waals surface area contributed by atoms with E-state index in [0.29, 0.717) is 29.0 Å². The van der Waals surface area contributed by atoms with Gasteiger partial charge in [0.15, 0.2) is 0 Å². The van der Waals surface area contributed by atoms with Crippen LogP contribution in [0.4, 0.5) is 11.6 Å². The van der Waals surface area contributed by atoms with E-state index >= 15 is 0 Å². The number of carbonyl (C=O) groups is 2. The summed E-state index contributed by atoms with van der Waals surface area (Å²) in [6.45, 7) is 7.12. The van der Waals surface area contributed by atoms with Gasteiger partial charge >= 0.3 is 0 Å². The van der Waals surface area contributed by atoms with Gasteiger partial charge in [-0.25, -0.2) is 15.0 Å². The van der Waals surface area contributed by atoms with E-state index in [4.69, 9.17) is 5.73 Å². The third kappa shape index (κ3) is 4.24. The summed E-state index contributed by atoms with van der Waals surface area (Å²) in [4.78, 5) is 42.0. The molecule has 1 aliphatic carbocycles. The summed E-state index contributed by atoms with van der Waals surface area (Å²) >= 11 is 0. The maximum Gasteiger partial charge on any atom is 0.259 e. The maximum absolute atomic E-state index is 13.3. The molecule has 0 spiro atoms. The molecular weight excluding hydrogens is 490 g/mol. The zero-order valence-electron chi connectivity index (χ0n) is 22.1. The number of amides is 2. The number of aryl methyl sites for hydroxylation is 1. The molecule has 4 aromatic rings. The Morgan fingerprint density at radius 3 is 2.54 bits per heavy atom. The molecule has 1 saturated carbocycles. The topological polar surface area (TPSA) is 110 Å². The highest BCUT2D eigenvalue weighted by Gasteiger charge is 2.43. The summed E-state index contributed by atoms with van der Waals surface area (Å²) in [5.74, 6) is 1.84. The van der Waals surface area contributed by atoms with Crippen LogP contribution in [0.5, 0.6) is 0 Å². The molecule has 2 fully saturated rings. The molecule has 198 valence electrons. The second kappa shape index (κ2) is 9.65. The molecule has 6 rings (SSSR count). The van der Waals surface area contributed by atoms with Crippen molar-refractivity contribution in [2.75, 3.05) is 30.8 Å². The van der Waals surface area contributed by atoms with Crippen molar-refractivity contribution in [3.05, 3.63) is 78.9 Å². The van der Waals surface area contributed by atoms with Crippen LogP contribution in [0.1, 0.15) is 34.8 Å². The highest BCUT2D eigenvalue weighted by Crippen LogP contribution is 2.46. The van der Waals surface area contributed by atoms with Gasteiger partial charge in [-0.1, -0.05) is 24.8 Å². The van der Waals surface area contributed by atoms with Gasteiger partial charge in [0, 0.05) is 49.7 Å². The van der Waals surface area contributed by atoms with Gasteiger partial charge in [0.1, 0.15) is 23.6 Å². The van der Waals surface area contributed by atoms with Crippen molar-refractivity contribution >= 4 is 34.5 Å². The molecule has 2 aliphatic rings. The Balaban J connectivity index is 1.32. The third-order valence-corrected chi connectivity index (χ3v) is 8.31. The summed E-state index contributed by atoms with van der Waals surface area (Å²) in [5, 5.41) is 0.821. The average Bonchev–Trinajstić information content (AvgIpc) is 3.64. The molecule has 0 bridgehead atoms. The lowest BCUT2D eigenvalue weighted by Crippen LogP contribution is -2.28. The van der Waals surface area contributed by atoms with Crippen LogP contribution in [-0.2, 0) is 4.79 Å². The number of anilines is 2. The lowest BCUT2D eigenvalue weighted by molar-refractivity contribution is -0.125. The van der Waals surface area contributed by atoms with Crippen molar-refractivity contribution in [3.8, 4) is 11.1 Å². The van der Waals surface area contributed by atoms with Gasteiger partial charge in [0.2, 0.25) is 5.91 Å². The molecule has 0 radical (unpaired) electrons. The number of nitrogens with zero attached hydrogens (tertiary/aromatic N) is 6. The van der Waals surface area contributed by atoms with Crippen LogP contribution < -0.4 is 10.6 Å². The van der Waals surface area contributed by atoms with Gasteiger partial charge in [-0.15, -0.1) is 0 Å². The Hall–Kier alpha value is -4.53. The fraction of sp³-hybridized carbons (Fsp3) is 0.300. The van der Waals surface area contributed by atoms with Gasteiger partial charge in [0.25, 0.3) is 5.91 Å². The monoisotopic (exact) mass is 521 g/mol. The zero-order valence-corrected chi connectivity index (χ0v) is 22.1. The summed E-state index contributed by atoms with van der Waals surface area (Å²) in [5.41, 5.74) is 10.6. The largest absolute Gasteiger partial charge is 0.383 e. The minimum atomic E-state index is -0.121. The Labute approximate surface area is 227 Å². The number of aromatic nitrogens is 4. The number of nitrogen functional groups attached to an aromatic ring is 1. The Morgan fingerprint density at radius 2 is 1.87 bits per heavy atom. The van der Waals surface area contributed by atoms with Crippen LogP contribution in [0.2, 0.25) is 0 Å². The molecule has 9 nitrogen and oxygen atoms in total. The lowest BCUT2D eigenvalue weighted by atomic mass is 9.99. The molecule has 9 heteroatoms. The smallest absolute Gasteiger partial charge is 0.259 e. The number of fused-ring (bicyclic) bond motifs is 2. The second-order valence-electron chi connectivity index (χ2n) is 10.6. The van der Waals surface area contributed by atoms with Gasteiger partial charge in [0.05, 0.1) is 5.39 Å². The number of benzene rings is 1. The van der Waals surface area contributed by atoms with Crippen LogP contribution in [0.25, 0.3) is 22.2 Å². The first-order chi connectivity index (χ1) is 18.9. The fourth-order valence-electron chi connectivity index (χ4n) is 6.32. The van der Waals surface area contributed by atoms with Gasteiger partial charge in [-0.2, -0.15) is 0 Å². The van der Waals surface area contributed by atoms with Crippen molar-refractivity contribution in [2.45, 2.75) is 25.8 Å². The minimum absolute atomic E-state index is 0.0127. The summed E-state index contributed by atoms with van der Waals surface area (Å²) in [6.07, 6.45) is 8.67. The highest BCUT2D eigenvalue weighted by atomic mass is 16.2. The first-order valence-electron chi connectivity index (χ1n) is 13.2. The van der Waals surface area contributed by atoms with Crippen LogP contribution in [0.15, 0.2) is 67.8 Å². The standard InChI is InChI=1S/C30H31N7O2/c1-4-26(38)36-14-20-12-22(13-21(20)15-36)37-16-24(27-28(31)33-17-34-29(27)37)19-8-9-23(18(2)11-19)30(39)35(3)25-7-5-6-10-32-25/h4-11,16-17,20-22H,1,12-15H2,2-3H3,(H2,31,33,34). The van der Waals surface area contributed by atoms with Crippen molar-refractivity contribution < 1.29 is 9.59 Å². The van der Waals surface area contributed by atoms with Crippen LogP contribution >= 0.6 is 0 Å². The molecule has 2 N–H and O–H groups in total. The molecule has 2 amide bonds. The average molecular weight is 522 g/mol. The molecule has 2 atom stereocenters. The van der Waals surface area contributed by atoms with Gasteiger partial charge in [-0.05, 0) is 67.0 Å². The van der Waals surface area contributed by atoms with E-state index in [-0.39, 0.29) is 17.9 Å². The van der Waals surface area contributed by atoms with Gasteiger partial charge < -0.3 is 15.2 Å².